The van der Waals surface area contributed by atoms with Crippen molar-refractivity contribution in [2.24, 2.45) is 0 Å². The molecule has 0 aromatic heterocycles. The van der Waals surface area contributed by atoms with E-state index in [4.69, 9.17) is 28.4 Å². The molecule has 0 saturated heterocycles. The number of fused-ring (bicyclic) bond motifs is 2. The zero-order chi connectivity index (χ0) is 28.7. The fourth-order valence-electron chi connectivity index (χ4n) is 3.81. The van der Waals surface area contributed by atoms with Gasteiger partial charge in [-0.05, 0) is 65.8 Å². The van der Waals surface area contributed by atoms with Gasteiger partial charge < -0.3 is 28.4 Å². The summed E-state index contributed by atoms with van der Waals surface area (Å²) in [4.78, 5) is 29.5. The monoisotopic (exact) mass is 546 g/mol. The smallest absolute Gasteiger partial charge is 0.419 e. The molecule has 0 N–H and O–H groups in total. The predicted molar refractivity (Wildman–Crippen MR) is 144 cm³/mol. The summed E-state index contributed by atoms with van der Waals surface area (Å²) in [7, 11) is 0. The molecular formula is C30H30N2O8. The maximum atomic E-state index is 13.5. The number of hydrogen-bond donors (Lipinski definition) is 0. The Balaban J connectivity index is 1.59. The van der Waals surface area contributed by atoms with Crippen molar-refractivity contribution in [3.8, 4) is 23.0 Å². The molecule has 5 rings (SSSR count). The summed E-state index contributed by atoms with van der Waals surface area (Å²) >= 11 is 0. The van der Waals surface area contributed by atoms with Gasteiger partial charge in [0, 0.05) is 12.4 Å². The van der Waals surface area contributed by atoms with Crippen molar-refractivity contribution in [2.45, 2.75) is 52.7 Å². The van der Waals surface area contributed by atoms with Crippen molar-refractivity contribution in [1.29, 1.82) is 0 Å². The van der Waals surface area contributed by atoms with E-state index in [0.717, 1.165) is 0 Å². The predicted octanol–water partition coefficient (Wildman–Crippen LogP) is 6.78. The third-order valence-corrected chi connectivity index (χ3v) is 5.43. The first-order valence-corrected chi connectivity index (χ1v) is 12.6. The van der Waals surface area contributed by atoms with Gasteiger partial charge >= 0.3 is 12.2 Å². The molecule has 3 aliphatic rings. The summed E-state index contributed by atoms with van der Waals surface area (Å²) in [6.45, 7) is 10.5. The quantitative estimate of drug-likeness (QED) is 0.407. The van der Waals surface area contributed by atoms with Crippen molar-refractivity contribution in [1.82, 2.24) is 9.80 Å². The highest BCUT2D eigenvalue weighted by Gasteiger charge is 2.38. The summed E-state index contributed by atoms with van der Waals surface area (Å²) < 4.78 is 35.0. The summed E-state index contributed by atoms with van der Waals surface area (Å²) in [5, 5.41) is 0. The van der Waals surface area contributed by atoms with E-state index >= 15 is 0 Å². The number of hydrogen-bond acceptors (Lipinski definition) is 8. The lowest BCUT2D eigenvalue weighted by Gasteiger charge is -2.36. The Morgan fingerprint density at radius 3 is 1.30 bits per heavy atom. The van der Waals surface area contributed by atoms with Gasteiger partial charge in [0.2, 0.25) is 0 Å². The summed E-state index contributed by atoms with van der Waals surface area (Å²) in [5.41, 5.74) is -1.30. The van der Waals surface area contributed by atoms with Crippen LogP contribution in [0.25, 0.3) is 0 Å². The van der Waals surface area contributed by atoms with E-state index in [1.807, 2.05) is 12.1 Å². The second-order valence-electron chi connectivity index (χ2n) is 11.0. The number of carbonyl (C=O) groups is 2. The van der Waals surface area contributed by atoms with Crippen LogP contribution in [0, 0.1) is 0 Å². The van der Waals surface area contributed by atoms with Crippen LogP contribution < -0.4 is 18.9 Å². The van der Waals surface area contributed by atoms with Crippen molar-refractivity contribution >= 4 is 12.2 Å². The van der Waals surface area contributed by atoms with Gasteiger partial charge in [-0.1, -0.05) is 24.3 Å². The Morgan fingerprint density at radius 1 is 0.600 bits per heavy atom. The topological polar surface area (TPSA) is 96.0 Å². The molecule has 0 aliphatic carbocycles. The molecule has 208 valence electrons. The van der Waals surface area contributed by atoms with Gasteiger partial charge in [0.15, 0.2) is 34.5 Å². The maximum Gasteiger partial charge on any atom is 0.419 e. The minimum atomic E-state index is -0.813. The highest BCUT2D eigenvalue weighted by Crippen LogP contribution is 2.40. The first kappa shape index (κ1) is 26.7. The molecule has 10 heteroatoms. The summed E-state index contributed by atoms with van der Waals surface area (Å²) in [6, 6.07) is 14.2. The van der Waals surface area contributed by atoms with Gasteiger partial charge in [-0.15, -0.1) is 0 Å². The molecule has 2 aromatic carbocycles. The largest absolute Gasteiger partial charge is 0.457 e. The minimum absolute atomic E-state index is 0.161. The molecule has 0 atom stereocenters. The van der Waals surface area contributed by atoms with Gasteiger partial charge in [0.1, 0.15) is 35.1 Å². The van der Waals surface area contributed by atoms with Crippen molar-refractivity contribution < 1.29 is 38.0 Å². The zero-order valence-electron chi connectivity index (χ0n) is 23.1. The molecule has 40 heavy (non-hydrogen) atoms. The summed E-state index contributed by atoms with van der Waals surface area (Å²) in [5.74, 6) is 2.20. The average Bonchev–Trinajstić information content (AvgIpc) is 2.90. The number of carbonyl (C=O) groups excluding carboxylic acids is 2. The van der Waals surface area contributed by atoms with Gasteiger partial charge in [-0.25, -0.2) is 19.4 Å². The normalized spacial score (nSPS) is 16.2. The van der Waals surface area contributed by atoms with E-state index < -0.39 is 23.4 Å². The molecule has 0 radical (unpaired) electrons. The second kappa shape index (κ2) is 10.0. The van der Waals surface area contributed by atoms with Gasteiger partial charge in [-0.3, -0.25) is 0 Å². The first-order chi connectivity index (χ1) is 18.9. The maximum absolute atomic E-state index is 13.5. The molecule has 0 bridgehead atoms. The van der Waals surface area contributed by atoms with Gasteiger partial charge in [0.25, 0.3) is 0 Å². The number of benzene rings is 2. The molecule has 0 unspecified atom stereocenters. The molecule has 10 nitrogen and oxygen atoms in total. The third kappa shape index (κ3) is 5.75. The Kier molecular flexibility index (Phi) is 6.70. The number of rotatable bonds is 2. The van der Waals surface area contributed by atoms with Crippen LogP contribution in [-0.4, -0.2) is 33.2 Å². The molecule has 3 aliphatic heterocycles. The fourth-order valence-corrected chi connectivity index (χ4v) is 3.81. The van der Waals surface area contributed by atoms with E-state index in [0.29, 0.717) is 23.0 Å². The molecule has 0 spiro atoms. The van der Waals surface area contributed by atoms with Gasteiger partial charge in [-0.2, -0.15) is 0 Å². The molecule has 0 saturated carbocycles. The average molecular weight is 547 g/mol. The lowest BCUT2D eigenvalue weighted by molar-refractivity contribution is 0.0299. The molecule has 0 fully saturated rings. The van der Waals surface area contributed by atoms with E-state index in [2.05, 4.69) is 0 Å². The highest BCUT2D eigenvalue weighted by atomic mass is 16.6. The van der Waals surface area contributed by atoms with Crippen LogP contribution in [0.3, 0.4) is 0 Å². The van der Waals surface area contributed by atoms with Crippen molar-refractivity contribution in [3.63, 3.8) is 0 Å². The fraction of sp³-hybridized carbons (Fsp3) is 0.267. The Morgan fingerprint density at radius 2 is 0.950 bits per heavy atom. The molecule has 3 heterocycles. The lowest BCUT2D eigenvalue weighted by Crippen LogP contribution is -2.42. The lowest BCUT2D eigenvalue weighted by atomic mass is 10.2. The number of nitrogens with zero attached hydrogens (tertiary/aromatic N) is 2. The highest BCUT2D eigenvalue weighted by molar-refractivity contribution is 5.78. The standard InChI is InChI=1S/C30H30N2O8/c1-29(2,3)39-27(33)31-15-20(26-18-36-22-12-8-10-14-24(22)38-26)32(28(34)40-30(4,5)6)16-19(31)25-17-35-21-11-7-9-13-23(21)37-25/h7-18H,1-6H3. The molecule has 2 aromatic rings. The van der Waals surface area contributed by atoms with Crippen LogP contribution in [-0.2, 0) is 9.47 Å². The number of ether oxygens (including phenoxy) is 6. The van der Waals surface area contributed by atoms with E-state index in [-0.39, 0.29) is 22.9 Å². The Hall–Kier alpha value is -4.86. The zero-order valence-corrected chi connectivity index (χ0v) is 23.1. The van der Waals surface area contributed by atoms with Gasteiger partial charge in [0.05, 0.1) is 0 Å². The van der Waals surface area contributed by atoms with Crippen LogP contribution in [0.15, 0.2) is 96.4 Å². The Labute approximate surface area is 232 Å². The van der Waals surface area contributed by atoms with Crippen molar-refractivity contribution in [3.05, 3.63) is 96.4 Å². The van der Waals surface area contributed by atoms with E-state index in [1.54, 1.807) is 77.9 Å². The van der Waals surface area contributed by atoms with Crippen molar-refractivity contribution in [2.75, 3.05) is 0 Å². The number of amides is 2. The SMILES string of the molecule is CC(C)(C)OC(=O)N1C=C(C2=COc3ccccc3O2)N(C(=O)OC(C)(C)C)C=C1C1=COc2ccccc2O1. The van der Waals surface area contributed by atoms with Crippen LogP contribution in [0.1, 0.15) is 41.5 Å². The van der Waals surface area contributed by atoms with Crippen LogP contribution >= 0.6 is 0 Å². The van der Waals surface area contributed by atoms with Crippen LogP contribution in [0.4, 0.5) is 9.59 Å². The number of para-hydroxylation sites is 4. The first-order valence-electron chi connectivity index (χ1n) is 12.6. The van der Waals surface area contributed by atoms with E-state index in [9.17, 15) is 9.59 Å². The second-order valence-corrected chi connectivity index (χ2v) is 11.0. The molecular weight excluding hydrogens is 516 g/mol. The van der Waals surface area contributed by atoms with Crippen LogP contribution in [0.2, 0.25) is 0 Å². The van der Waals surface area contributed by atoms with E-state index in [1.165, 1.54) is 34.7 Å². The minimum Gasteiger partial charge on any atom is -0.457 e. The van der Waals surface area contributed by atoms with Crippen LogP contribution in [0.5, 0.6) is 23.0 Å². The third-order valence-electron chi connectivity index (χ3n) is 5.43. The summed E-state index contributed by atoms with van der Waals surface area (Å²) in [6.07, 6.45) is 4.07. The Bertz CT molecular complexity index is 1360. The molecule has 2 amide bonds.